The van der Waals surface area contributed by atoms with Crippen molar-refractivity contribution in [2.45, 2.75) is 25.4 Å². The van der Waals surface area contributed by atoms with Crippen molar-refractivity contribution in [1.29, 1.82) is 0 Å². The number of hydrogen-bond acceptors (Lipinski definition) is 2. The zero-order chi connectivity index (χ0) is 13.1. The molecular formula is C17H21NO. The van der Waals surface area contributed by atoms with E-state index in [-0.39, 0.29) is 0 Å². The monoisotopic (exact) mass is 255 g/mol. The van der Waals surface area contributed by atoms with Crippen molar-refractivity contribution in [2.75, 3.05) is 13.6 Å². The fourth-order valence-corrected chi connectivity index (χ4v) is 3.09. The summed E-state index contributed by atoms with van der Waals surface area (Å²) < 4.78 is 6.24. The second-order valence-electron chi connectivity index (χ2n) is 5.45. The smallest absolute Gasteiger partial charge is 0.127 e. The molecule has 2 atom stereocenters. The first-order valence-electron chi connectivity index (χ1n) is 7.16. The van der Waals surface area contributed by atoms with E-state index in [0.717, 1.165) is 18.2 Å². The van der Waals surface area contributed by atoms with Crippen molar-refractivity contribution in [1.82, 2.24) is 5.32 Å². The summed E-state index contributed by atoms with van der Waals surface area (Å²) in [5, 5.41) is 5.75. The minimum Gasteiger partial charge on any atom is -0.490 e. The number of rotatable bonds is 4. The van der Waals surface area contributed by atoms with E-state index >= 15 is 0 Å². The molecule has 1 fully saturated rings. The van der Waals surface area contributed by atoms with Crippen molar-refractivity contribution in [2.24, 2.45) is 5.92 Å². The topological polar surface area (TPSA) is 21.3 Å². The second kappa shape index (κ2) is 5.62. The maximum absolute atomic E-state index is 6.24. The van der Waals surface area contributed by atoms with Crippen LogP contribution in [0.4, 0.5) is 0 Å². The molecule has 0 heterocycles. The molecule has 1 N–H and O–H groups in total. The van der Waals surface area contributed by atoms with Crippen LogP contribution in [0.1, 0.15) is 19.3 Å². The summed E-state index contributed by atoms with van der Waals surface area (Å²) in [5.74, 6) is 1.80. The minimum absolute atomic E-state index is 0.379. The molecule has 2 unspecified atom stereocenters. The van der Waals surface area contributed by atoms with Gasteiger partial charge >= 0.3 is 0 Å². The first-order chi connectivity index (χ1) is 9.36. The molecule has 1 saturated carbocycles. The van der Waals surface area contributed by atoms with Crippen molar-refractivity contribution >= 4 is 10.8 Å². The summed E-state index contributed by atoms with van der Waals surface area (Å²) in [4.78, 5) is 0. The minimum atomic E-state index is 0.379. The Bertz CT molecular complexity index is 546. The third-order valence-corrected chi connectivity index (χ3v) is 4.03. The van der Waals surface area contributed by atoms with Gasteiger partial charge in [0, 0.05) is 5.39 Å². The highest BCUT2D eigenvalue weighted by Crippen LogP contribution is 2.32. The summed E-state index contributed by atoms with van der Waals surface area (Å²) >= 11 is 0. The first-order valence-corrected chi connectivity index (χ1v) is 7.16. The number of nitrogens with one attached hydrogen (secondary N) is 1. The van der Waals surface area contributed by atoms with Crippen molar-refractivity contribution < 1.29 is 4.74 Å². The summed E-state index contributed by atoms with van der Waals surface area (Å²) in [6, 6.07) is 14.7. The lowest BCUT2D eigenvalue weighted by molar-refractivity contribution is 0.206. The third-order valence-electron chi connectivity index (χ3n) is 4.03. The second-order valence-corrected chi connectivity index (χ2v) is 5.45. The van der Waals surface area contributed by atoms with Gasteiger partial charge in [0.1, 0.15) is 5.75 Å². The highest BCUT2D eigenvalue weighted by Gasteiger charge is 2.25. The quantitative estimate of drug-likeness (QED) is 0.901. The molecule has 0 amide bonds. The lowest BCUT2D eigenvalue weighted by atomic mass is 10.1. The van der Waals surface area contributed by atoms with E-state index in [9.17, 15) is 0 Å². The fraction of sp³-hybridized carbons (Fsp3) is 0.412. The van der Waals surface area contributed by atoms with Crippen LogP contribution in [0.2, 0.25) is 0 Å². The molecule has 100 valence electrons. The Balaban J connectivity index is 1.75. The van der Waals surface area contributed by atoms with Crippen LogP contribution in [0.5, 0.6) is 5.75 Å². The number of ether oxygens (including phenoxy) is 1. The lowest BCUT2D eigenvalue weighted by Gasteiger charge is -2.16. The van der Waals surface area contributed by atoms with Gasteiger partial charge in [-0.1, -0.05) is 36.4 Å². The van der Waals surface area contributed by atoms with Crippen LogP contribution in [0.25, 0.3) is 10.8 Å². The molecule has 2 aromatic rings. The van der Waals surface area contributed by atoms with E-state index < -0.39 is 0 Å². The van der Waals surface area contributed by atoms with Crippen LogP contribution >= 0.6 is 0 Å². The Kier molecular flexibility index (Phi) is 3.69. The molecule has 0 aliphatic heterocycles. The zero-order valence-electron chi connectivity index (χ0n) is 11.4. The summed E-state index contributed by atoms with van der Waals surface area (Å²) in [7, 11) is 2.03. The van der Waals surface area contributed by atoms with Gasteiger partial charge in [-0.2, -0.15) is 0 Å². The molecule has 2 aromatic carbocycles. The molecular weight excluding hydrogens is 234 g/mol. The molecule has 2 nitrogen and oxygen atoms in total. The van der Waals surface area contributed by atoms with Crippen molar-refractivity contribution in [3.8, 4) is 5.75 Å². The maximum atomic E-state index is 6.24. The highest BCUT2D eigenvalue weighted by molar-refractivity contribution is 5.88. The van der Waals surface area contributed by atoms with Gasteiger partial charge in [-0.25, -0.2) is 0 Å². The van der Waals surface area contributed by atoms with E-state index in [0.29, 0.717) is 6.10 Å². The van der Waals surface area contributed by atoms with Gasteiger partial charge < -0.3 is 10.1 Å². The van der Waals surface area contributed by atoms with Crippen LogP contribution in [-0.4, -0.2) is 19.7 Å². The zero-order valence-corrected chi connectivity index (χ0v) is 11.4. The molecule has 0 saturated heterocycles. The molecule has 0 aromatic heterocycles. The van der Waals surface area contributed by atoms with Gasteiger partial charge in [0.2, 0.25) is 0 Å². The molecule has 3 rings (SSSR count). The van der Waals surface area contributed by atoms with Gasteiger partial charge in [0.05, 0.1) is 6.10 Å². The Labute approximate surface area is 114 Å². The van der Waals surface area contributed by atoms with Crippen molar-refractivity contribution in [3.05, 3.63) is 42.5 Å². The van der Waals surface area contributed by atoms with E-state index in [4.69, 9.17) is 4.74 Å². The van der Waals surface area contributed by atoms with E-state index in [1.165, 1.54) is 30.0 Å². The average Bonchev–Trinajstić information content (AvgIpc) is 2.87. The van der Waals surface area contributed by atoms with E-state index in [1.807, 2.05) is 7.05 Å². The van der Waals surface area contributed by atoms with Crippen LogP contribution in [0, 0.1) is 5.92 Å². The van der Waals surface area contributed by atoms with E-state index in [1.54, 1.807) is 0 Å². The largest absolute Gasteiger partial charge is 0.490 e. The highest BCUT2D eigenvalue weighted by atomic mass is 16.5. The molecule has 0 radical (unpaired) electrons. The number of hydrogen-bond donors (Lipinski definition) is 1. The SMILES string of the molecule is CNCC1CCC(Oc2cccc3ccccc23)C1. The molecule has 1 aliphatic carbocycles. The Hall–Kier alpha value is -1.54. The van der Waals surface area contributed by atoms with Crippen LogP contribution in [0.3, 0.4) is 0 Å². The van der Waals surface area contributed by atoms with Crippen LogP contribution in [-0.2, 0) is 0 Å². The van der Waals surface area contributed by atoms with Gasteiger partial charge in [0.15, 0.2) is 0 Å². The maximum Gasteiger partial charge on any atom is 0.127 e. The van der Waals surface area contributed by atoms with Gasteiger partial charge in [0.25, 0.3) is 0 Å². The van der Waals surface area contributed by atoms with Gasteiger partial charge in [-0.05, 0) is 50.2 Å². The van der Waals surface area contributed by atoms with E-state index in [2.05, 4.69) is 47.8 Å². The average molecular weight is 255 g/mol. The normalized spacial score (nSPS) is 22.8. The Morgan fingerprint density at radius 3 is 2.84 bits per heavy atom. The number of fused-ring (bicyclic) bond motifs is 1. The summed E-state index contributed by atoms with van der Waals surface area (Å²) in [6.07, 6.45) is 4.00. The summed E-state index contributed by atoms with van der Waals surface area (Å²) in [6.45, 7) is 1.11. The predicted molar refractivity (Wildman–Crippen MR) is 79.6 cm³/mol. The molecule has 19 heavy (non-hydrogen) atoms. The van der Waals surface area contributed by atoms with Crippen molar-refractivity contribution in [3.63, 3.8) is 0 Å². The summed E-state index contributed by atoms with van der Waals surface area (Å²) in [5.41, 5.74) is 0. The lowest BCUT2D eigenvalue weighted by Crippen LogP contribution is -2.18. The molecule has 1 aliphatic rings. The molecule has 0 bridgehead atoms. The van der Waals surface area contributed by atoms with Crippen LogP contribution in [0.15, 0.2) is 42.5 Å². The van der Waals surface area contributed by atoms with Gasteiger partial charge in [-0.3, -0.25) is 0 Å². The predicted octanol–water partition coefficient (Wildman–Crippen LogP) is 3.61. The first kappa shape index (κ1) is 12.5. The molecule has 2 heteroatoms. The standard InChI is InChI=1S/C17H21NO/c1-18-12-13-9-10-15(11-13)19-17-8-4-6-14-5-2-3-7-16(14)17/h2-8,13,15,18H,9-12H2,1H3. The Morgan fingerprint density at radius 1 is 1.11 bits per heavy atom. The number of benzene rings is 2. The van der Waals surface area contributed by atoms with Crippen LogP contribution < -0.4 is 10.1 Å². The van der Waals surface area contributed by atoms with Gasteiger partial charge in [-0.15, -0.1) is 0 Å². The Morgan fingerprint density at radius 2 is 1.95 bits per heavy atom. The third kappa shape index (κ3) is 2.74. The fourth-order valence-electron chi connectivity index (χ4n) is 3.09. The molecule has 0 spiro atoms.